The van der Waals surface area contributed by atoms with Crippen LogP contribution >= 0.6 is 11.8 Å². The lowest BCUT2D eigenvalue weighted by molar-refractivity contribution is -0.127. The van der Waals surface area contributed by atoms with Gasteiger partial charge in [0.15, 0.2) is 17.2 Å². The van der Waals surface area contributed by atoms with Crippen LogP contribution in [0, 0.1) is 19.8 Å². The summed E-state index contributed by atoms with van der Waals surface area (Å²) in [6.07, 6.45) is 5.54. The molecule has 1 saturated heterocycles. The molecule has 0 saturated carbocycles. The van der Waals surface area contributed by atoms with Crippen LogP contribution in [0.1, 0.15) is 42.6 Å². The predicted molar refractivity (Wildman–Crippen MR) is 124 cm³/mol. The van der Waals surface area contributed by atoms with E-state index in [1.165, 1.54) is 4.31 Å². The molecule has 1 fully saturated rings. The van der Waals surface area contributed by atoms with Gasteiger partial charge in [0.2, 0.25) is 15.9 Å². The minimum absolute atomic E-state index is 0.0804. The molecule has 1 aliphatic heterocycles. The number of pyridine rings is 1. The lowest BCUT2D eigenvalue weighted by Gasteiger charge is -2.31. The number of aryl methyl sites for hydroxylation is 2. The Morgan fingerprint density at radius 1 is 1.27 bits per heavy atom. The molecule has 0 bridgehead atoms. The molecule has 1 amide bonds. The molecule has 1 N–H and O–H groups in total. The average Bonchev–Trinajstić information content (AvgIpc) is 3.39. The van der Waals surface area contributed by atoms with E-state index in [2.05, 4.69) is 20.7 Å². The van der Waals surface area contributed by atoms with Crippen LogP contribution in [0.25, 0.3) is 5.65 Å². The van der Waals surface area contributed by atoms with Gasteiger partial charge in [0, 0.05) is 25.2 Å². The van der Waals surface area contributed by atoms with Crippen molar-refractivity contribution in [2.24, 2.45) is 5.92 Å². The minimum atomic E-state index is -3.70. The van der Waals surface area contributed by atoms with Crippen molar-refractivity contribution in [1.82, 2.24) is 29.4 Å². The van der Waals surface area contributed by atoms with Gasteiger partial charge in [-0.1, -0.05) is 11.2 Å². The number of carbonyl (C=O) groups is 1. The molecule has 12 heteroatoms. The van der Waals surface area contributed by atoms with E-state index in [4.69, 9.17) is 4.52 Å². The molecule has 0 radical (unpaired) electrons. The van der Waals surface area contributed by atoms with E-state index in [0.29, 0.717) is 24.4 Å². The van der Waals surface area contributed by atoms with Gasteiger partial charge in [-0.3, -0.25) is 9.20 Å². The molecule has 0 aliphatic carbocycles. The number of carbonyl (C=O) groups excluding carboxylic acids is 1. The van der Waals surface area contributed by atoms with Crippen LogP contribution in [-0.2, 0) is 14.8 Å². The Kier molecular flexibility index (Phi) is 7.05. The Bertz CT molecular complexity index is 1210. The Morgan fingerprint density at radius 2 is 2.03 bits per heavy atom. The summed E-state index contributed by atoms with van der Waals surface area (Å²) in [7, 11) is -3.70. The molecule has 0 spiro atoms. The first-order valence-corrected chi connectivity index (χ1v) is 13.7. The van der Waals surface area contributed by atoms with E-state index < -0.39 is 10.0 Å². The van der Waals surface area contributed by atoms with Crippen molar-refractivity contribution >= 4 is 33.3 Å². The predicted octanol–water partition coefficient (Wildman–Crippen LogP) is 2.35. The normalized spacial score (nSPS) is 16.8. The highest BCUT2D eigenvalue weighted by molar-refractivity contribution is 7.98. The highest BCUT2D eigenvalue weighted by atomic mass is 32.2. The standard InChI is InChI=1S/C21H28N6O4S2/c1-14-19(15(2)31-25-14)33(29,30)26-11-7-16(8-12-26)21(28)22-17(9-13-32-3)20-24-23-18-6-4-5-10-27(18)20/h4-6,10,16-17H,7-9,11-13H2,1-3H3,(H,22,28). The van der Waals surface area contributed by atoms with Gasteiger partial charge in [0.25, 0.3) is 0 Å². The fraction of sp³-hybridized carbons (Fsp3) is 0.524. The summed E-state index contributed by atoms with van der Waals surface area (Å²) >= 11 is 1.70. The van der Waals surface area contributed by atoms with E-state index in [9.17, 15) is 13.2 Å². The third-order valence-corrected chi connectivity index (χ3v) is 8.76. The summed E-state index contributed by atoms with van der Waals surface area (Å²) in [5, 5.41) is 15.4. The number of fused-ring (bicyclic) bond motifs is 1. The van der Waals surface area contributed by atoms with Crippen molar-refractivity contribution in [2.75, 3.05) is 25.1 Å². The number of piperidine rings is 1. The Hall–Kier alpha value is -2.44. The summed E-state index contributed by atoms with van der Waals surface area (Å²) in [6, 6.07) is 5.40. The molecule has 3 aromatic rings. The largest absolute Gasteiger partial charge is 0.360 e. The number of thioether (sulfide) groups is 1. The Labute approximate surface area is 197 Å². The number of nitrogens with zero attached hydrogens (tertiary/aromatic N) is 5. The number of sulfonamides is 1. The first-order chi connectivity index (χ1) is 15.8. The Balaban J connectivity index is 1.44. The SMILES string of the molecule is CSCCC(NC(=O)C1CCN(S(=O)(=O)c2c(C)noc2C)CC1)c1nnc2ccccn12. The highest BCUT2D eigenvalue weighted by Gasteiger charge is 2.36. The van der Waals surface area contributed by atoms with Crippen LogP contribution in [0.3, 0.4) is 0 Å². The van der Waals surface area contributed by atoms with Gasteiger partial charge in [-0.05, 0) is 57.3 Å². The molecular formula is C21H28N6O4S2. The molecule has 178 valence electrons. The zero-order valence-electron chi connectivity index (χ0n) is 18.9. The smallest absolute Gasteiger partial charge is 0.248 e. The van der Waals surface area contributed by atoms with E-state index in [1.54, 1.807) is 25.6 Å². The van der Waals surface area contributed by atoms with E-state index in [-0.39, 0.29) is 41.6 Å². The van der Waals surface area contributed by atoms with E-state index in [0.717, 1.165) is 17.8 Å². The number of amides is 1. The summed E-state index contributed by atoms with van der Waals surface area (Å²) in [5.74, 6) is 1.50. The lowest BCUT2D eigenvalue weighted by atomic mass is 9.96. The quantitative estimate of drug-likeness (QED) is 0.508. The van der Waals surface area contributed by atoms with Gasteiger partial charge in [-0.2, -0.15) is 16.1 Å². The molecule has 0 aromatic carbocycles. The van der Waals surface area contributed by atoms with Crippen molar-refractivity contribution in [3.8, 4) is 0 Å². The summed E-state index contributed by atoms with van der Waals surface area (Å²) < 4.78 is 34.4. The van der Waals surface area contributed by atoms with Gasteiger partial charge in [0.1, 0.15) is 10.6 Å². The maximum atomic E-state index is 13.1. The van der Waals surface area contributed by atoms with Crippen LogP contribution < -0.4 is 5.32 Å². The maximum Gasteiger partial charge on any atom is 0.248 e. The minimum Gasteiger partial charge on any atom is -0.360 e. The van der Waals surface area contributed by atoms with Crippen molar-refractivity contribution in [3.05, 3.63) is 41.7 Å². The van der Waals surface area contributed by atoms with Gasteiger partial charge >= 0.3 is 0 Å². The van der Waals surface area contributed by atoms with Crippen LogP contribution in [0.5, 0.6) is 0 Å². The zero-order valence-corrected chi connectivity index (χ0v) is 20.5. The Morgan fingerprint density at radius 3 is 2.70 bits per heavy atom. The number of hydrogen-bond acceptors (Lipinski definition) is 8. The topological polar surface area (TPSA) is 123 Å². The number of rotatable bonds is 8. The highest BCUT2D eigenvalue weighted by Crippen LogP contribution is 2.28. The number of hydrogen-bond donors (Lipinski definition) is 1. The lowest BCUT2D eigenvalue weighted by Crippen LogP contribution is -2.44. The molecule has 1 unspecified atom stereocenters. The first-order valence-electron chi connectivity index (χ1n) is 10.8. The molecule has 3 aromatic heterocycles. The molecular weight excluding hydrogens is 464 g/mol. The van der Waals surface area contributed by atoms with Crippen LogP contribution in [0.2, 0.25) is 0 Å². The second-order valence-electron chi connectivity index (χ2n) is 8.16. The summed E-state index contributed by atoms with van der Waals surface area (Å²) in [4.78, 5) is 13.3. The molecule has 4 rings (SSSR count). The number of aromatic nitrogens is 4. The van der Waals surface area contributed by atoms with Crippen molar-refractivity contribution < 1.29 is 17.7 Å². The fourth-order valence-corrected chi connectivity index (χ4v) is 6.45. The van der Waals surface area contributed by atoms with E-state index in [1.807, 2.05) is 35.1 Å². The third-order valence-electron chi connectivity index (χ3n) is 5.97. The second-order valence-corrected chi connectivity index (χ2v) is 11.0. The van der Waals surface area contributed by atoms with Crippen LogP contribution in [0.15, 0.2) is 33.8 Å². The van der Waals surface area contributed by atoms with Crippen molar-refractivity contribution in [2.45, 2.75) is 44.0 Å². The molecule has 10 nitrogen and oxygen atoms in total. The molecule has 1 atom stereocenters. The van der Waals surface area contributed by atoms with Crippen molar-refractivity contribution in [3.63, 3.8) is 0 Å². The molecule has 33 heavy (non-hydrogen) atoms. The zero-order chi connectivity index (χ0) is 23.6. The summed E-state index contributed by atoms with van der Waals surface area (Å²) in [6.45, 7) is 3.75. The third kappa shape index (κ3) is 4.78. The van der Waals surface area contributed by atoms with Gasteiger partial charge in [0.05, 0.1) is 6.04 Å². The van der Waals surface area contributed by atoms with Gasteiger partial charge < -0.3 is 9.84 Å². The maximum absolute atomic E-state index is 13.1. The van der Waals surface area contributed by atoms with Gasteiger partial charge in [-0.25, -0.2) is 8.42 Å². The first kappa shape index (κ1) is 23.7. The van der Waals surface area contributed by atoms with E-state index >= 15 is 0 Å². The summed E-state index contributed by atoms with van der Waals surface area (Å²) in [5.41, 5.74) is 1.08. The van der Waals surface area contributed by atoms with Crippen LogP contribution in [-0.4, -0.2) is 63.5 Å². The fourth-order valence-electron chi connectivity index (χ4n) is 4.22. The number of nitrogens with one attached hydrogen (secondary N) is 1. The molecule has 4 heterocycles. The van der Waals surface area contributed by atoms with Crippen molar-refractivity contribution in [1.29, 1.82) is 0 Å². The second kappa shape index (κ2) is 9.82. The molecule has 1 aliphatic rings. The van der Waals surface area contributed by atoms with Gasteiger partial charge in [-0.15, -0.1) is 10.2 Å². The average molecular weight is 493 g/mol. The van der Waals surface area contributed by atoms with Crippen LogP contribution in [0.4, 0.5) is 0 Å². The monoisotopic (exact) mass is 492 g/mol.